The summed E-state index contributed by atoms with van der Waals surface area (Å²) in [5, 5.41) is 4.31. The molecular formula is C13H14BrFN2O. The third kappa shape index (κ3) is 2.90. The fraction of sp³-hybridized carbons (Fsp3) is 0.308. The van der Waals surface area contributed by atoms with Crippen molar-refractivity contribution in [2.24, 2.45) is 0 Å². The Bertz CT molecular complexity index is 554. The van der Waals surface area contributed by atoms with Crippen LogP contribution in [0.3, 0.4) is 0 Å². The maximum absolute atomic E-state index is 13.5. The second-order valence-electron chi connectivity index (χ2n) is 3.96. The van der Waals surface area contributed by atoms with Gasteiger partial charge in [-0.15, -0.1) is 0 Å². The van der Waals surface area contributed by atoms with Gasteiger partial charge in [0.2, 0.25) is 0 Å². The molecule has 2 rings (SSSR count). The summed E-state index contributed by atoms with van der Waals surface area (Å²) in [4.78, 5) is 0. The van der Waals surface area contributed by atoms with Crippen molar-refractivity contribution in [3.63, 3.8) is 0 Å². The molecule has 2 aromatic rings. The van der Waals surface area contributed by atoms with Crippen molar-refractivity contribution in [1.82, 2.24) is 9.78 Å². The zero-order chi connectivity index (χ0) is 13.1. The lowest BCUT2D eigenvalue weighted by Gasteiger charge is -2.06. The molecule has 5 heteroatoms. The number of hydrogen-bond donors (Lipinski definition) is 0. The topological polar surface area (TPSA) is 27.1 Å². The molecule has 0 unspecified atom stereocenters. The van der Waals surface area contributed by atoms with Gasteiger partial charge in [0.15, 0.2) is 11.6 Å². The van der Waals surface area contributed by atoms with Gasteiger partial charge in [-0.3, -0.25) is 4.68 Å². The van der Waals surface area contributed by atoms with Crippen LogP contribution in [0.15, 0.2) is 28.9 Å². The summed E-state index contributed by atoms with van der Waals surface area (Å²) in [6.45, 7) is 5.08. The molecule has 0 spiro atoms. The van der Waals surface area contributed by atoms with E-state index in [2.05, 4.69) is 21.0 Å². The molecule has 0 N–H and O–H groups in total. The minimum Gasteiger partial charge on any atom is -0.486 e. The smallest absolute Gasteiger partial charge is 0.166 e. The van der Waals surface area contributed by atoms with Gasteiger partial charge in [-0.1, -0.05) is 15.9 Å². The summed E-state index contributed by atoms with van der Waals surface area (Å²) < 4.78 is 21.6. The quantitative estimate of drug-likeness (QED) is 0.861. The molecule has 1 heterocycles. The first-order valence-electron chi connectivity index (χ1n) is 5.71. The summed E-state index contributed by atoms with van der Waals surface area (Å²) in [5.74, 6) is -0.119. The van der Waals surface area contributed by atoms with Crippen molar-refractivity contribution >= 4 is 15.9 Å². The van der Waals surface area contributed by atoms with Crippen molar-refractivity contribution in [1.29, 1.82) is 0 Å². The Morgan fingerprint density at radius 2 is 2.22 bits per heavy atom. The Morgan fingerprint density at radius 1 is 1.44 bits per heavy atom. The fourth-order valence-corrected chi connectivity index (χ4v) is 1.94. The van der Waals surface area contributed by atoms with E-state index in [1.807, 2.05) is 24.7 Å². The molecule has 1 aromatic heterocycles. The highest BCUT2D eigenvalue weighted by atomic mass is 79.9. The SMILES string of the molecule is CCn1cc(COc2ccc(Br)cc2F)c(C)n1. The Hall–Kier alpha value is -1.36. The van der Waals surface area contributed by atoms with Crippen molar-refractivity contribution in [3.8, 4) is 5.75 Å². The molecule has 0 saturated carbocycles. The number of ether oxygens (including phenoxy) is 1. The van der Waals surface area contributed by atoms with Crippen molar-refractivity contribution in [3.05, 3.63) is 45.9 Å². The molecular weight excluding hydrogens is 299 g/mol. The number of halogens is 2. The van der Waals surface area contributed by atoms with Crippen LogP contribution < -0.4 is 4.74 Å². The van der Waals surface area contributed by atoms with Crippen LogP contribution in [0.1, 0.15) is 18.2 Å². The zero-order valence-electron chi connectivity index (χ0n) is 10.3. The third-order valence-electron chi connectivity index (χ3n) is 2.65. The predicted molar refractivity (Wildman–Crippen MR) is 71.1 cm³/mol. The molecule has 0 aliphatic heterocycles. The van der Waals surface area contributed by atoms with E-state index in [4.69, 9.17) is 4.74 Å². The van der Waals surface area contributed by atoms with Gasteiger partial charge >= 0.3 is 0 Å². The number of hydrogen-bond acceptors (Lipinski definition) is 2. The number of nitrogens with zero attached hydrogens (tertiary/aromatic N) is 2. The summed E-state index contributed by atoms with van der Waals surface area (Å²) >= 11 is 3.21. The van der Waals surface area contributed by atoms with Crippen LogP contribution in [0.25, 0.3) is 0 Å². The highest BCUT2D eigenvalue weighted by Gasteiger charge is 2.08. The molecule has 0 radical (unpaired) electrons. The second kappa shape index (κ2) is 5.52. The normalized spacial score (nSPS) is 10.7. The number of rotatable bonds is 4. The molecule has 0 atom stereocenters. The average Bonchev–Trinajstić information content (AvgIpc) is 2.69. The van der Waals surface area contributed by atoms with E-state index in [1.54, 1.807) is 12.1 Å². The molecule has 3 nitrogen and oxygen atoms in total. The van der Waals surface area contributed by atoms with Gasteiger partial charge in [0.05, 0.1) is 5.69 Å². The predicted octanol–water partition coefficient (Wildman–Crippen LogP) is 3.69. The van der Waals surface area contributed by atoms with Crippen molar-refractivity contribution in [2.45, 2.75) is 27.0 Å². The number of benzene rings is 1. The van der Waals surface area contributed by atoms with Gasteiger partial charge in [0.1, 0.15) is 6.61 Å². The van der Waals surface area contributed by atoms with Gasteiger partial charge in [-0.05, 0) is 32.0 Å². The van der Waals surface area contributed by atoms with Crippen LogP contribution in [0.4, 0.5) is 4.39 Å². The molecule has 0 bridgehead atoms. The molecule has 96 valence electrons. The van der Waals surface area contributed by atoms with E-state index >= 15 is 0 Å². The van der Waals surface area contributed by atoms with E-state index in [1.165, 1.54) is 6.07 Å². The van der Waals surface area contributed by atoms with Crippen LogP contribution in [-0.4, -0.2) is 9.78 Å². The Labute approximate surface area is 114 Å². The summed E-state index contributed by atoms with van der Waals surface area (Å²) in [7, 11) is 0. The maximum Gasteiger partial charge on any atom is 0.166 e. The van der Waals surface area contributed by atoms with Gasteiger partial charge < -0.3 is 4.74 Å². The minimum atomic E-state index is -0.370. The van der Waals surface area contributed by atoms with Crippen LogP contribution >= 0.6 is 15.9 Å². The Balaban J connectivity index is 2.08. The second-order valence-corrected chi connectivity index (χ2v) is 4.87. The molecule has 0 fully saturated rings. The molecule has 0 saturated heterocycles. The Kier molecular flexibility index (Phi) is 4.01. The van der Waals surface area contributed by atoms with E-state index in [0.717, 1.165) is 17.8 Å². The van der Waals surface area contributed by atoms with Gasteiger partial charge in [-0.2, -0.15) is 5.10 Å². The van der Waals surface area contributed by atoms with Gasteiger partial charge in [-0.25, -0.2) is 4.39 Å². The fourth-order valence-electron chi connectivity index (χ4n) is 1.61. The minimum absolute atomic E-state index is 0.252. The first kappa shape index (κ1) is 13.1. The number of aromatic nitrogens is 2. The molecule has 1 aromatic carbocycles. The highest BCUT2D eigenvalue weighted by molar-refractivity contribution is 9.10. The summed E-state index contributed by atoms with van der Waals surface area (Å²) in [6, 6.07) is 4.75. The lowest BCUT2D eigenvalue weighted by atomic mass is 10.3. The zero-order valence-corrected chi connectivity index (χ0v) is 11.9. The Morgan fingerprint density at radius 3 is 2.83 bits per heavy atom. The van der Waals surface area contributed by atoms with E-state index < -0.39 is 0 Å². The summed E-state index contributed by atoms with van der Waals surface area (Å²) in [5.41, 5.74) is 1.88. The lowest BCUT2D eigenvalue weighted by molar-refractivity contribution is 0.289. The average molecular weight is 313 g/mol. The lowest BCUT2D eigenvalue weighted by Crippen LogP contribution is -1.98. The molecule has 0 aliphatic rings. The standard InChI is InChI=1S/C13H14BrFN2O/c1-3-17-7-10(9(2)16-17)8-18-13-5-4-11(14)6-12(13)15/h4-7H,3,8H2,1-2H3. The summed E-state index contributed by atoms with van der Waals surface area (Å²) in [6.07, 6.45) is 1.92. The third-order valence-corrected chi connectivity index (χ3v) is 3.14. The van der Waals surface area contributed by atoms with E-state index in [9.17, 15) is 4.39 Å². The maximum atomic E-state index is 13.5. The van der Waals surface area contributed by atoms with Crippen molar-refractivity contribution in [2.75, 3.05) is 0 Å². The van der Waals surface area contributed by atoms with Crippen LogP contribution in [0.5, 0.6) is 5.75 Å². The van der Waals surface area contributed by atoms with Crippen molar-refractivity contribution < 1.29 is 9.13 Å². The first-order valence-corrected chi connectivity index (χ1v) is 6.50. The number of aryl methyl sites for hydroxylation is 2. The molecule has 0 aliphatic carbocycles. The van der Waals surface area contributed by atoms with Crippen LogP contribution in [-0.2, 0) is 13.2 Å². The van der Waals surface area contributed by atoms with Crippen LogP contribution in [0.2, 0.25) is 0 Å². The van der Waals surface area contributed by atoms with E-state index in [-0.39, 0.29) is 11.6 Å². The first-order chi connectivity index (χ1) is 8.60. The molecule has 18 heavy (non-hydrogen) atoms. The largest absolute Gasteiger partial charge is 0.486 e. The van der Waals surface area contributed by atoms with Gasteiger partial charge in [0, 0.05) is 22.8 Å². The highest BCUT2D eigenvalue weighted by Crippen LogP contribution is 2.22. The van der Waals surface area contributed by atoms with E-state index in [0.29, 0.717) is 11.1 Å². The van der Waals surface area contributed by atoms with Crippen LogP contribution in [0, 0.1) is 12.7 Å². The van der Waals surface area contributed by atoms with Gasteiger partial charge in [0.25, 0.3) is 0 Å². The molecule has 0 amide bonds. The monoisotopic (exact) mass is 312 g/mol.